The lowest BCUT2D eigenvalue weighted by molar-refractivity contribution is 0.00789. The van der Waals surface area contributed by atoms with E-state index in [-0.39, 0.29) is 6.10 Å². The molecule has 1 aromatic rings. The lowest BCUT2D eigenvalue weighted by Crippen LogP contribution is -2.26. The maximum Gasteiger partial charge on any atom is 0.0557 e. The average Bonchev–Trinajstić information content (AvgIpc) is 2.04. The van der Waals surface area contributed by atoms with E-state index in [2.05, 4.69) is 18.2 Å². The van der Waals surface area contributed by atoms with Gasteiger partial charge in [-0.2, -0.15) is 0 Å². The molecule has 1 atom stereocenters. The Balaban J connectivity index is 2.19. The topological polar surface area (TPSA) is 29.5 Å². The molecule has 1 unspecified atom stereocenters. The molecule has 1 aromatic carbocycles. The van der Waals surface area contributed by atoms with Crippen molar-refractivity contribution < 1.29 is 9.84 Å². The van der Waals surface area contributed by atoms with Gasteiger partial charge in [0.15, 0.2) is 0 Å². The van der Waals surface area contributed by atoms with Gasteiger partial charge in [0.25, 0.3) is 0 Å². The van der Waals surface area contributed by atoms with Gasteiger partial charge in [-0.1, -0.05) is 24.3 Å². The number of ether oxygens (including phenoxy) is 1. The van der Waals surface area contributed by atoms with E-state index in [9.17, 15) is 5.11 Å². The van der Waals surface area contributed by atoms with Crippen LogP contribution in [0, 0.1) is 0 Å². The Morgan fingerprint density at radius 3 is 2.71 bits per heavy atom. The largest absolute Gasteiger partial charge is 0.393 e. The van der Waals surface area contributed by atoms with Gasteiger partial charge in [-0.25, -0.2) is 0 Å². The zero-order valence-electron chi connectivity index (χ0n) is 8.44. The second-order valence-corrected chi connectivity index (χ2v) is 3.99. The highest BCUT2D eigenvalue weighted by molar-refractivity contribution is 5.32. The van der Waals surface area contributed by atoms with Gasteiger partial charge in [-0.15, -0.1) is 0 Å². The van der Waals surface area contributed by atoms with Crippen LogP contribution in [0.25, 0.3) is 0 Å². The minimum atomic E-state index is -0.267. The van der Waals surface area contributed by atoms with Crippen molar-refractivity contribution in [1.82, 2.24) is 0 Å². The van der Waals surface area contributed by atoms with Crippen molar-refractivity contribution in [3.8, 4) is 0 Å². The molecule has 2 rings (SSSR count). The van der Waals surface area contributed by atoms with Crippen LogP contribution >= 0.6 is 0 Å². The highest BCUT2D eigenvalue weighted by atomic mass is 16.5. The minimum Gasteiger partial charge on any atom is -0.393 e. The molecule has 0 amide bonds. The first-order chi connectivity index (χ1) is 6.77. The van der Waals surface area contributed by atoms with Crippen LogP contribution in [0.3, 0.4) is 0 Å². The Hall–Kier alpha value is -0.860. The van der Waals surface area contributed by atoms with Crippen molar-refractivity contribution in [2.75, 3.05) is 13.2 Å². The van der Waals surface area contributed by atoms with Crippen LogP contribution in [0.2, 0.25) is 0 Å². The molecule has 0 radical (unpaired) electrons. The first-order valence-electron chi connectivity index (χ1n) is 5.11. The number of hydrogen-bond acceptors (Lipinski definition) is 2. The van der Waals surface area contributed by atoms with E-state index in [0.717, 1.165) is 19.6 Å². The standard InChI is InChI=1S/C12H16O2/c1-9(13)6-10-4-2-3-5-12(10)11-7-14-8-11/h2-5,9,11,13H,6-8H2,1H3. The van der Waals surface area contributed by atoms with Crippen LogP contribution in [-0.2, 0) is 11.2 Å². The monoisotopic (exact) mass is 192 g/mol. The van der Waals surface area contributed by atoms with E-state index in [4.69, 9.17) is 4.74 Å². The molecule has 0 aliphatic carbocycles. The fourth-order valence-electron chi connectivity index (χ4n) is 1.85. The van der Waals surface area contributed by atoms with E-state index in [1.165, 1.54) is 11.1 Å². The lowest BCUT2D eigenvalue weighted by Gasteiger charge is -2.28. The molecule has 2 heteroatoms. The zero-order chi connectivity index (χ0) is 9.97. The van der Waals surface area contributed by atoms with Crippen LogP contribution < -0.4 is 0 Å². The first-order valence-corrected chi connectivity index (χ1v) is 5.11. The van der Waals surface area contributed by atoms with Gasteiger partial charge < -0.3 is 9.84 Å². The molecule has 1 N–H and O–H groups in total. The summed E-state index contributed by atoms with van der Waals surface area (Å²) in [5.74, 6) is 0.546. The Morgan fingerprint density at radius 1 is 1.43 bits per heavy atom. The van der Waals surface area contributed by atoms with Gasteiger partial charge in [-0.05, 0) is 24.5 Å². The van der Waals surface area contributed by atoms with Crippen molar-refractivity contribution in [1.29, 1.82) is 0 Å². The molecule has 0 saturated carbocycles. The van der Waals surface area contributed by atoms with E-state index >= 15 is 0 Å². The molecule has 1 aliphatic rings. The predicted octanol–water partition coefficient (Wildman–Crippen LogP) is 1.72. The maximum atomic E-state index is 9.37. The second kappa shape index (κ2) is 4.11. The van der Waals surface area contributed by atoms with Gasteiger partial charge >= 0.3 is 0 Å². The van der Waals surface area contributed by atoms with Crippen LogP contribution in [0.15, 0.2) is 24.3 Å². The van der Waals surface area contributed by atoms with Gasteiger partial charge in [-0.3, -0.25) is 0 Å². The summed E-state index contributed by atoms with van der Waals surface area (Å²) in [4.78, 5) is 0. The molecule has 14 heavy (non-hydrogen) atoms. The maximum absolute atomic E-state index is 9.37. The van der Waals surface area contributed by atoms with Gasteiger partial charge in [0, 0.05) is 5.92 Å². The van der Waals surface area contributed by atoms with Crippen LogP contribution in [0.5, 0.6) is 0 Å². The molecule has 2 nitrogen and oxygen atoms in total. The smallest absolute Gasteiger partial charge is 0.0557 e. The fraction of sp³-hybridized carbons (Fsp3) is 0.500. The molecule has 76 valence electrons. The Morgan fingerprint density at radius 2 is 2.14 bits per heavy atom. The highest BCUT2D eigenvalue weighted by Crippen LogP contribution is 2.27. The molecular weight excluding hydrogens is 176 g/mol. The molecule has 1 fully saturated rings. The Bertz CT molecular complexity index is 303. The summed E-state index contributed by atoms with van der Waals surface area (Å²) in [6.45, 7) is 3.49. The summed E-state index contributed by atoms with van der Waals surface area (Å²) < 4.78 is 5.19. The number of aliphatic hydroxyl groups excluding tert-OH is 1. The normalized spacial score (nSPS) is 19.0. The van der Waals surface area contributed by atoms with Crippen LogP contribution in [0.4, 0.5) is 0 Å². The van der Waals surface area contributed by atoms with E-state index in [0.29, 0.717) is 5.92 Å². The fourth-order valence-corrected chi connectivity index (χ4v) is 1.85. The van der Waals surface area contributed by atoms with E-state index in [1.807, 2.05) is 13.0 Å². The molecule has 1 saturated heterocycles. The SMILES string of the molecule is CC(O)Cc1ccccc1C1COC1. The van der Waals surface area contributed by atoms with Crippen molar-refractivity contribution >= 4 is 0 Å². The minimum absolute atomic E-state index is 0.267. The quantitative estimate of drug-likeness (QED) is 0.790. The third kappa shape index (κ3) is 1.97. The first kappa shape index (κ1) is 9.69. The molecule has 0 spiro atoms. The Labute approximate surface area is 84.5 Å². The van der Waals surface area contributed by atoms with Crippen LogP contribution in [-0.4, -0.2) is 24.4 Å². The Kier molecular flexibility index (Phi) is 2.85. The van der Waals surface area contributed by atoms with E-state index < -0.39 is 0 Å². The molecule has 1 aliphatic heterocycles. The van der Waals surface area contributed by atoms with Crippen molar-refractivity contribution in [2.24, 2.45) is 0 Å². The van der Waals surface area contributed by atoms with Crippen LogP contribution in [0.1, 0.15) is 24.0 Å². The summed E-state index contributed by atoms with van der Waals surface area (Å²) in [7, 11) is 0. The van der Waals surface area contributed by atoms with Gasteiger partial charge in [0.05, 0.1) is 19.3 Å². The van der Waals surface area contributed by atoms with Crippen molar-refractivity contribution in [3.63, 3.8) is 0 Å². The number of rotatable bonds is 3. The predicted molar refractivity (Wildman–Crippen MR) is 55.4 cm³/mol. The highest BCUT2D eigenvalue weighted by Gasteiger charge is 2.22. The van der Waals surface area contributed by atoms with Gasteiger partial charge in [0.1, 0.15) is 0 Å². The molecule has 1 heterocycles. The number of aliphatic hydroxyl groups is 1. The number of benzene rings is 1. The van der Waals surface area contributed by atoms with E-state index in [1.54, 1.807) is 0 Å². The molecular formula is C12H16O2. The summed E-state index contributed by atoms with van der Waals surface area (Å²) in [6.07, 6.45) is 0.476. The number of hydrogen-bond donors (Lipinski definition) is 1. The lowest BCUT2D eigenvalue weighted by atomic mass is 9.90. The summed E-state index contributed by atoms with van der Waals surface area (Å²) in [5.41, 5.74) is 2.61. The molecule has 0 bridgehead atoms. The van der Waals surface area contributed by atoms with Crippen molar-refractivity contribution in [2.45, 2.75) is 25.4 Å². The zero-order valence-corrected chi connectivity index (χ0v) is 8.44. The third-order valence-electron chi connectivity index (χ3n) is 2.65. The summed E-state index contributed by atoms with van der Waals surface area (Å²) in [5, 5.41) is 9.37. The average molecular weight is 192 g/mol. The van der Waals surface area contributed by atoms with Gasteiger partial charge in [0.2, 0.25) is 0 Å². The van der Waals surface area contributed by atoms with Crippen molar-refractivity contribution in [3.05, 3.63) is 35.4 Å². The second-order valence-electron chi connectivity index (χ2n) is 3.99. The summed E-state index contributed by atoms with van der Waals surface area (Å²) >= 11 is 0. The summed E-state index contributed by atoms with van der Waals surface area (Å²) in [6, 6.07) is 8.32. The third-order valence-corrected chi connectivity index (χ3v) is 2.65. The molecule has 0 aromatic heterocycles.